The molecule has 3 heterocycles. The van der Waals surface area contributed by atoms with E-state index < -0.39 is 31.4 Å². The van der Waals surface area contributed by atoms with E-state index in [0.717, 1.165) is 87.1 Å². The van der Waals surface area contributed by atoms with Crippen LogP contribution in [0.15, 0.2) is 95.7 Å². The predicted octanol–water partition coefficient (Wildman–Crippen LogP) is 8.66. The number of hydrogen-bond acceptors (Lipinski definition) is 11. The predicted molar refractivity (Wildman–Crippen MR) is 237 cm³/mol. The van der Waals surface area contributed by atoms with E-state index in [1.54, 1.807) is 36.7 Å². The van der Waals surface area contributed by atoms with E-state index in [1.807, 2.05) is 18.2 Å². The molecule has 14 nitrogen and oxygen atoms in total. The number of nitro benzene ring substituents is 1. The second-order valence-electron chi connectivity index (χ2n) is 16.8. The van der Waals surface area contributed by atoms with Crippen LogP contribution in [0.2, 0.25) is 5.02 Å². The molecule has 1 amide bonds. The van der Waals surface area contributed by atoms with Crippen LogP contribution in [0.4, 0.5) is 17.1 Å². The van der Waals surface area contributed by atoms with Gasteiger partial charge < -0.3 is 24.7 Å². The lowest BCUT2D eigenvalue weighted by Crippen LogP contribution is -2.47. The molecule has 16 heteroatoms. The number of carbonyl (C=O) groups excluding carboxylic acids is 1. The average Bonchev–Trinajstić information content (AvgIpc) is 3.74. The van der Waals surface area contributed by atoms with Crippen molar-refractivity contribution >= 4 is 61.2 Å². The van der Waals surface area contributed by atoms with Gasteiger partial charge in [0, 0.05) is 75.3 Å². The molecule has 8 rings (SSSR count). The van der Waals surface area contributed by atoms with Crippen molar-refractivity contribution in [3.8, 4) is 11.5 Å². The molecule has 0 unspecified atom stereocenters. The van der Waals surface area contributed by atoms with Crippen molar-refractivity contribution in [2.75, 3.05) is 62.7 Å². The second kappa shape index (κ2) is 17.9. The minimum absolute atomic E-state index is 0.0374. The minimum atomic E-state index is -4.56. The molecule has 3 aliphatic rings. The number of nitrogens with one attached hydrogen (secondary N) is 3. The smallest absolute Gasteiger partial charge is 0.293 e. The monoisotopic (exact) mass is 867 g/mol. The lowest BCUT2D eigenvalue weighted by Gasteiger charge is -2.39. The van der Waals surface area contributed by atoms with E-state index in [9.17, 15) is 23.3 Å². The van der Waals surface area contributed by atoms with Gasteiger partial charge in [0.2, 0.25) is 0 Å². The second-order valence-corrected chi connectivity index (χ2v) is 19.0. The first kappa shape index (κ1) is 42.2. The summed E-state index contributed by atoms with van der Waals surface area (Å²) in [7, 11) is -4.56. The number of fused-ring (bicyclic) bond motifs is 1. The summed E-state index contributed by atoms with van der Waals surface area (Å²) in [6.45, 7) is 10.4. The number of nitro groups is 1. The molecule has 0 radical (unpaired) electrons. The molecule has 0 bridgehead atoms. The topological polar surface area (TPSA) is 172 Å². The Morgan fingerprint density at radius 2 is 1.79 bits per heavy atom. The molecule has 0 spiro atoms. The van der Waals surface area contributed by atoms with Crippen molar-refractivity contribution in [3.05, 3.63) is 117 Å². The van der Waals surface area contributed by atoms with Crippen LogP contribution in [-0.2, 0) is 14.8 Å². The summed E-state index contributed by atoms with van der Waals surface area (Å²) in [5, 5.41) is 15.9. The molecule has 0 atom stereocenters. The molecule has 1 aromatic heterocycles. The van der Waals surface area contributed by atoms with Gasteiger partial charge in [0.25, 0.3) is 21.6 Å². The van der Waals surface area contributed by atoms with Gasteiger partial charge in [-0.05, 0) is 103 Å². The zero-order valence-corrected chi connectivity index (χ0v) is 35.9. The first-order valence-corrected chi connectivity index (χ1v) is 22.5. The number of aromatic nitrogens is 2. The Hall–Kier alpha value is -5.48. The molecular formula is C45H50ClN7O7S. The van der Waals surface area contributed by atoms with E-state index in [0.29, 0.717) is 31.0 Å². The Morgan fingerprint density at radius 3 is 2.54 bits per heavy atom. The normalized spacial score (nSPS) is 17.7. The van der Waals surface area contributed by atoms with E-state index >= 15 is 0 Å². The molecule has 2 fully saturated rings. The number of para-hydroxylation sites is 1. The highest BCUT2D eigenvalue weighted by Crippen LogP contribution is 2.43. The average molecular weight is 868 g/mol. The Bertz CT molecular complexity index is 2560. The van der Waals surface area contributed by atoms with Gasteiger partial charge in [-0.25, -0.2) is 18.1 Å². The molecule has 2 aliphatic heterocycles. The zero-order chi connectivity index (χ0) is 42.7. The number of sulfonamides is 1. The number of carbonyl (C=O) groups is 1. The van der Waals surface area contributed by atoms with Gasteiger partial charge in [0.1, 0.15) is 17.0 Å². The van der Waals surface area contributed by atoms with Gasteiger partial charge in [0.05, 0.1) is 27.2 Å². The fourth-order valence-electron chi connectivity index (χ4n) is 8.44. The van der Waals surface area contributed by atoms with E-state index in [-0.39, 0.29) is 28.3 Å². The molecule has 2 saturated heterocycles. The Kier molecular flexibility index (Phi) is 12.4. The van der Waals surface area contributed by atoms with E-state index in [2.05, 4.69) is 55.8 Å². The zero-order valence-electron chi connectivity index (χ0n) is 34.3. The maximum Gasteiger partial charge on any atom is 0.293 e. The summed E-state index contributed by atoms with van der Waals surface area (Å²) < 4.78 is 41.3. The number of aromatic amines is 1. The van der Waals surface area contributed by atoms with Gasteiger partial charge in [0.15, 0.2) is 5.75 Å². The number of ether oxygens (including phenoxy) is 2. The van der Waals surface area contributed by atoms with Gasteiger partial charge in [-0.3, -0.25) is 19.8 Å². The Morgan fingerprint density at radius 1 is 1.02 bits per heavy atom. The van der Waals surface area contributed by atoms with Crippen LogP contribution >= 0.6 is 11.6 Å². The van der Waals surface area contributed by atoms with Crippen LogP contribution in [0.1, 0.15) is 61.9 Å². The highest BCUT2D eigenvalue weighted by Gasteiger charge is 2.31. The van der Waals surface area contributed by atoms with Crippen LogP contribution in [-0.4, -0.2) is 86.6 Å². The summed E-state index contributed by atoms with van der Waals surface area (Å²) >= 11 is 6.24. The number of imidazole rings is 1. The van der Waals surface area contributed by atoms with Crippen LogP contribution in [0.3, 0.4) is 0 Å². The largest absolute Gasteiger partial charge is 0.454 e. The van der Waals surface area contributed by atoms with Crippen molar-refractivity contribution < 1.29 is 27.6 Å². The van der Waals surface area contributed by atoms with Crippen molar-refractivity contribution in [1.82, 2.24) is 19.6 Å². The summed E-state index contributed by atoms with van der Waals surface area (Å²) in [5.41, 5.74) is 6.15. The molecule has 320 valence electrons. The number of piperazine rings is 1. The number of anilines is 2. The number of halogens is 1. The van der Waals surface area contributed by atoms with Crippen LogP contribution in [0, 0.1) is 21.4 Å². The number of H-pyrrole nitrogens is 1. The standard InChI is InChI=1S/C45H50ClN7O7S/c1-45(2)17-14-32(37(26-45)31-6-8-33(46)9-7-31)28-51-18-20-52(21-19-51)34-10-12-36(42(24-34)60-41-5-3-4-39-43(41)49-29-48-39)44(54)50-61(57,58)35-11-13-38(40(25-35)53(55)56)47-27-30-15-22-59-23-16-30/h3-13,24-25,29-30,47H,14-23,26-28H2,1-2H3,(H,48,49)(H,50,54). The quantitative estimate of drug-likeness (QED) is 0.0764. The number of rotatable bonds is 13. The number of nitrogens with zero attached hydrogens (tertiary/aromatic N) is 4. The summed E-state index contributed by atoms with van der Waals surface area (Å²) in [6, 6.07) is 22.2. The number of allylic oxidation sites excluding steroid dienone is 1. The molecule has 61 heavy (non-hydrogen) atoms. The summed E-state index contributed by atoms with van der Waals surface area (Å²) in [4.78, 5) is 37.1. The molecule has 5 aromatic rings. The Labute approximate surface area is 360 Å². The van der Waals surface area contributed by atoms with Gasteiger partial charge in [-0.2, -0.15) is 0 Å². The highest BCUT2D eigenvalue weighted by atomic mass is 35.5. The molecular weight excluding hydrogens is 818 g/mol. The molecule has 3 N–H and O–H groups in total. The van der Waals surface area contributed by atoms with E-state index in [1.165, 1.54) is 28.8 Å². The van der Waals surface area contributed by atoms with Crippen molar-refractivity contribution in [2.24, 2.45) is 11.3 Å². The van der Waals surface area contributed by atoms with Crippen molar-refractivity contribution in [2.45, 2.75) is 50.8 Å². The van der Waals surface area contributed by atoms with E-state index in [4.69, 9.17) is 21.1 Å². The SMILES string of the molecule is CC1(C)CCC(CN2CCN(c3ccc(C(=O)NS(=O)(=O)c4ccc(NCC5CCOCC5)c([N+](=O)[O-])c4)c(Oc4cccc5[nH]cnc45)c3)CC2)=C(c2ccc(Cl)cc2)C1. The molecule has 0 saturated carbocycles. The first-order chi connectivity index (χ1) is 29.3. The number of benzene rings is 4. The maximum absolute atomic E-state index is 13.9. The summed E-state index contributed by atoms with van der Waals surface area (Å²) in [5.74, 6) is -0.178. The van der Waals surface area contributed by atoms with Gasteiger partial charge >= 0.3 is 0 Å². The van der Waals surface area contributed by atoms with Crippen LogP contribution in [0.5, 0.6) is 11.5 Å². The fraction of sp³-hybridized carbons (Fsp3) is 0.378. The number of amides is 1. The lowest BCUT2D eigenvalue weighted by molar-refractivity contribution is -0.384. The number of hydrogen-bond donors (Lipinski definition) is 3. The lowest BCUT2D eigenvalue weighted by atomic mass is 9.72. The fourth-order valence-corrected chi connectivity index (χ4v) is 9.55. The third kappa shape index (κ3) is 9.86. The first-order valence-electron chi connectivity index (χ1n) is 20.7. The molecule has 1 aliphatic carbocycles. The van der Waals surface area contributed by atoms with Crippen LogP contribution in [0.25, 0.3) is 16.6 Å². The minimum Gasteiger partial charge on any atom is -0.454 e. The van der Waals surface area contributed by atoms with Crippen molar-refractivity contribution in [1.29, 1.82) is 0 Å². The molecule has 4 aromatic carbocycles. The Balaban J connectivity index is 1.01. The third-order valence-corrected chi connectivity index (χ3v) is 13.6. The van der Waals surface area contributed by atoms with Crippen LogP contribution < -0.4 is 19.7 Å². The third-order valence-electron chi connectivity index (χ3n) is 12.0. The van der Waals surface area contributed by atoms with Crippen molar-refractivity contribution in [3.63, 3.8) is 0 Å². The van der Waals surface area contributed by atoms with Gasteiger partial charge in [-0.15, -0.1) is 0 Å². The van der Waals surface area contributed by atoms with Gasteiger partial charge in [-0.1, -0.05) is 49.2 Å². The maximum atomic E-state index is 13.9. The summed E-state index contributed by atoms with van der Waals surface area (Å²) in [6.07, 6.45) is 6.39. The highest BCUT2D eigenvalue weighted by molar-refractivity contribution is 7.90.